The third-order valence-electron chi connectivity index (χ3n) is 5.11. The first-order valence-corrected chi connectivity index (χ1v) is 9.86. The smallest absolute Gasteiger partial charge is 0.341 e. The number of carboxylic acids is 1. The van der Waals surface area contributed by atoms with E-state index in [2.05, 4.69) is 0 Å². The number of carboxylic acid groups (broad SMARTS) is 1. The van der Waals surface area contributed by atoms with Crippen molar-refractivity contribution < 1.29 is 14.3 Å². The maximum Gasteiger partial charge on any atom is 0.341 e. The van der Waals surface area contributed by atoms with E-state index in [4.69, 9.17) is 17.3 Å². The third-order valence-corrected chi connectivity index (χ3v) is 7.11. The first-order chi connectivity index (χ1) is 12.4. The van der Waals surface area contributed by atoms with Crippen molar-refractivity contribution >= 4 is 52.6 Å². The molecule has 2 aromatic rings. The second-order valence-corrected chi connectivity index (χ2v) is 8.59. The van der Waals surface area contributed by atoms with E-state index in [1.54, 1.807) is 4.57 Å². The molecule has 0 bridgehead atoms. The molecule has 0 spiro atoms. The molecule has 2 aliphatic rings. The van der Waals surface area contributed by atoms with Gasteiger partial charge in [0.05, 0.1) is 20.8 Å². The molecule has 146 valence electrons. The molecule has 0 radical (unpaired) electrons. The molecule has 0 saturated heterocycles. The highest BCUT2D eigenvalue weighted by Crippen LogP contribution is 2.44. The van der Waals surface area contributed by atoms with Crippen molar-refractivity contribution in [1.29, 1.82) is 0 Å². The van der Waals surface area contributed by atoms with Gasteiger partial charge in [0.15, 0.2) is 0 Å². The number of rotatable bonds is 4. The van der Waals surface area contributed by atoms with E-state index >= 15 is 0 Å². The van der Waals surface area contributed by atoms with Crippen LogP contribution in [-0.2, 0) is 0 Å². The Kier molecular flexibility index (Phi) is 5.77. The number of pyridine rings is 1. The summed E-state index contributed by atoms with van der Waals surface area (Å²) in [5, 5.41) is 9.57. The van der Waals surface area contributed by atoms with E-state index in [1.165, 1.54) is 18.0 Å². The number of aromatic carboxylic acids is 1. The SMILES string of the molecule is Cl.NC1CCCC1Sc1c(F)cc2c(=O)c(C(=O)O)cn(C3CC3)c2c1Cl. The van der Waals surface area contributed by atoms with Crippen LogP contribution in [0.4, 0.5) is 4.39 Å². The lowest BCUT2D eigenvalue weighted by molar-refractivity contribution is 0.0695. The number of fused-ring (bicyclic) bond motifs is 1. The van der Waals surface area contributed by atoms with Crippen LogP contribution in [0.1, 0.15) is 48.5 Å². The molecule has 3 N–H and O–H groups in total. The molecular formula is C18H19Cl2FN2O3S. The zero-order valence-corrected chi connectivity index (χ0v) is 16.7. The number of hydrogen-bond donors (Lipinski definition) is 2. The topological polar surface area (TPSA) is 85.3 Å². The first-order valence-electron chi connectivity index (χ1n) is 8.61. The van der Waals surface area contributed by atoms with Crippen molar-refractivity contribution in [2.75, 3.05) is 0 Å². The Morgan fingerprint density at radius 3 is 2.59 bits per heavy atom. The lowest BCUT2D eigenvalue weighted by Crippen LogP contribution is -2.26. The summed E-state index contributed by atoms with van der Waals surface area (Å²) in [7, 11) is 0. The molecule has 2 aliphatic carbocycles. The number of benzene rings is 1. The monoisotopic (exact) mass is 432 g/mol. The van der Waals surface area contributed by atoms with Crippen LogP contribution in [0.2, 0.25) is 5.02 Å². The maximum atomic E-state index is 14.8. The largest absolute Gasteiger partial charge is 0.477 e. The van der Waals surface area contributed by atoms with E-state index in [9.17, 15) is 19.1 Å². The molecule has 2 saturated carbocycles. The number of carbonyl (C=O) groups is 1. The maximum absolute atomic E-state index is 14.8. The van der Waals surface area contributed by atoms with Crippen LogP contribution < -0.4 is 11.2 Å². The summed E-state index contributed by atoms with van der Waals surface area (Å²) in [6, 6.07) is 1.20. The molecular weight excluding hydrogens is 414 g/mol. The Labute approximate surface area is 170 Å². The molecule has 2 atom stereocenters. The fraction of sp³-hybridized carbons (Fsp3) is 0.444. The number of halogens is 3. The summed E-state index contributed by atoms with van der Waals surface area (Å²) in [6.07, 6.45) is 5.89. The molecule has 1 aromatic heterocycles. The van der Waals surface area contributed by atoms with Gasteiger partial charge < -0.3 is 15.4 Å². The Hall–Kier alpha value is -1.28. The summed E-state index contributed by atoms with van der Waals surface area (Å²) in [5.74, 6) is -1.92. The highest BCUT2D eigenvalue weighted by atomic mass is 35.5. The minimum atomic E-state index is -1.32. The molecule has 2 unspecified atom stereocenters. The van der Waals surface area contributed by atoms with Gasteiger partial charge in [0.1, 0.15) is 11.4 Å². The summed E-state index contributed by atoms with van der Waals surface area (Å²) >= 11 is 7.87. The molecule has 27 heavy (non-hydrogen) atoms. The Morgan fingerprint density at radius 1 is 1.33 bits per heavy atom. The summed E-state index contributed by atoms with van der Waals surface area (Å²) < 4.78 is 16.5. The number of hydrogen-bond acceptors (Lipinski definition) is 4. The fourth-order valence-corrected chi connectivity index (χ4v) is 5.27. The van der Waals surface area contributed by atoms with Crippen LogP contribution in [0.25, 0.3) is 10.9 Å². The van der Waals surface area contributed by atoms with Crippen molar-refractivity contribution in [1.82, 2.24) is 4.57 Å². The Bertz CT molecular complexity index is 977. The second-order valence-electron chi connectivity index (χ2n) is 6.96. The van der Waals surface area contributed by atoms with E-state index in [0.29, 0.717) is 10.4 Å². The van der Waals surface area contributed by atoms with E-state index in [1.807, 2.05) is 0 Å². The number of nitrogens with zero attached hydrogens (tertiary/aromatic N) is 1. The number of aromatic nitrogens is 1. The van der Waals surface area contributed by atoms with Gasteiger partial charge >= 0.3 is 5.97 Å². The van der Waals surface area contributed by atoms with Crippen LogP contribution in [0.3, 0.4) is 0 Å². The Balaban J connectivity index is 0.00000210. The van der Waals surface area contributed by atoms with E-state index in [-0.39, 0.29) is 45.7 Å². The summed E-state index contributed by atoms with van der Waals surface area (Å²) in [6.45, 7) is 0. The fourth-order valence-electron chi connectivity index (χ4n) is 3.58. The van der Waals surface area contributed by atoms with Gasteiger partial charge in [-0.3, -0.25) is 4.79 Å². The van der Waals surface area contributed by atoms with Gasteiger partial charge in [-0.2, -0.15) is 0 Å². The standard InChI is InChI=1S/C18H18ClFN2O3S.ClH/c19-14-15-9(6-11(20)17(14)26-13-3-1-2-12(13)21)16(23)10(18(24)25)7-22(15)8-4-5-8;/h6-8,12-13H,1-5,21H2,(H,24,25);1H. The summed E-state index contributed by atoms with van der Waals surface area (Å²) in [5.41, 5.74) is 5.44. The highest BCUT2D eigenvalue weighted by Gasteiger charge is 2.31. The third kappa shape index (κ3) is 3.58. The van der Waals surface area contributed by atoms with Gasteiger partial charge in [-0.15, -0.1) is 24.2 Å². The molecule has 9 heteroatoms. The van der Waals surface area contributed by atoms with Gasteiger partial charge in [-0.05, 0) is 31.7 Å². The van der Waals surface area contributed by atoms with Gasteiger partial charge in [0.2, 0.25) is 5.43 Å². The van der Waals surface area contributed by atoms with Crippen LogP contribution in [-0.4, -0.2) is 26.9 Å². The van der Waals surface area contributed by atoms with E-state index < -0.39 is 17.2 Å². The normalized spacial score (nSPS) is 22.0. The lowest BCUT2D eigenvalue weighted by Gasteiger charge is -2.19. The lowest BCUT2D eigenvalue weighted by atomic mass is 10.1. The van der Waals surface area contributed by atoms with E-state index in [0.717, 1.165) is 38.2 Å². The predicted molar refractivity (Wildman–Crippen MR) is 107 cm³/mol. The van der Waals surface area contributed by atoms with Crippen molar-refractivity contribution in [2.24, 2.45) is 5.73 Å². The molecule has 0 aliphatic heterocycles. The van der Waals surface area contributed by atoms with Crippen molar-refractivity contribution in [2.45, 2.75) is 54.3 Å². The molecule has 2 fully saturated rings. The van der Waals surface area contributed by atoms with Gasteiger partial charge in [-0.25, -0.2) is 9.18 Å². The quantitative estimate of drug-likeness (QED) is 0.754. The van der Waals surface area contributed by atoms with Crippen LogP contribution in [0.15, 0.2) is 22.0 Å². The highest BCUT2D eigenvalue weighted by molar-refractivity contribution is 8.00. The minimum absolute atomic E-state index is 0. The van der Waals surface area contributed by atoms with Crippen LogP contribution in [0, 0.1) is 5.82 Å². The average molecular weight is 433 g/mol. The Morgan fingerprint density at radius 2 is 2.04 bits per heavy atom. The van der Waals surface area contributed by atoms with Gasteiger partial charge in [-0.1, -0.05) is 18.0 Å². The van der Waals surface area contributed by atoms with Crippen molar-refractivity contribution in [3.05, 3.63) is 38.9 Å². The van der Waals surface area contributed by atoms with Crippen LogP contribution >= 0.6 is 35.8 Å². The summed E-state index contributed by atoms with van der Waals surface area (Å²) in [4.78, 5) is 24.2. The molecule has 0 amide bonds. The van der Waals surface area contributed by atoms with Crippen molar-refractivity contribution in [3.8, 4) is 0 Å². The minimum Gasteiger partial charge on any atom is -0.477 e. The second kappa shape index (κ2) is 7.62. The van der Waals surface area contributed by atoms with Gasteiger partial charge in [0.25, 0.3) is 0 Å². The molecule has 1 aromatic carbocycles. The first kappa shape index (κ1) is 20.5. The molecule has 1 heterocycles. The number of thioether (sulfide) groups is 1. The van der Waals surface area contributed by atoms with Gasteiger partial charge in [0, 0.05) is 23.5 Å². The van der Waals surface area contributed by atoms with Crippen LogP contribution in [0.5, 0.6) is 0 Å². The van der Waals surface area contributed by atoms with Crippen molar-refractivity contribution in [3.63, 3.8) is 0 Å². The average Bonchev–Trinajstić information content (AvgIpc) is 3.35. The zero-order valence-electron chi connectivity index (χ0n) is 14.3. The predicted octanol–water partition coefficient (Wildman–Crippen LogP) is 4.22. The molecule has 4 rings (SSSR count). The molecule has 5 nitrogen and oxygen atoms in total. The number of nitrogens with two attached hydrogens (primary N) is 1. The zero-order chi connectivity index (χ0) is 18.6.